The van der Waals surface area contributed by atoms with Gasteiger partial charge in [-0.1, -0.05) is 39.8 Å². The normalized spacial score (nSPS) is 15.6. The number of benzene rings is 1. The van der Waals surface area contributed by atoms with E-state index in [4.69, 9.17) is 0 Å². The summed E-state index contributed by atoms with van der Waals surface area (Å²) >= 11 is 0. The number of allylic oxidation sites excluding steroid dienone is 1. The van der Waals surface area contributed by atoms with Gasteiger partial charge in [-0.05, 0) is 37.1 Å². The monoisotopic (exact) mass is 330 g/mol. The Morgan fingerprint density at radius 3 is 2.22 bits per heavy atom. The van der Waals surface area contributed by atoms with E-state index in [-0.39, 0.29) is 17.1 Å². The molecule has 1 aromatic carbocycles. The van der Waals surface area contributed by atoms with Gasteiger partial charge in [0, 0.05) is 0 Å². The predicted octanol–water partition coefficient (Wildman–Crippen LogP) is 4.63. The number of carbonyl (C=O) groups excluding carboxylic acids is 1. The van der Waals surface area contributed by atoms with E-state index in [1.807, 2.05) is 27.7 Å². The van der Waals surface area contributed by atoms with Crippen molar-refractivity contribution in [1.29, 1.82) is 0 Å². The number of Topliss-reactive ketones (excluding diaryl/α,β-unsaturated/α-hetero) is 1. The molecule has 1 heterocycles. The first-order valence-corrected chi connectivity index (χ1v) is 7.59. The van der Waals surface area contributed by atoms with Gasteiger partial charge in [-0.2, -0.15) is 0 Å². The Hall–Kier alpha value is -1.95. The van der Waals surface area contributed by atoms with Crippen molar-refractivity contribution in [2.75, 3.05) is 0 Å². The molecule has 1 unspecified atom stereocenters. The predicted molar refractivity (Wildman–Crippen MR) is 84.7 cm³/mol. The van der Waals surface area contributed by atoms with Crippen molar-refractivity contribution in [3.05, 3.63) is 35.4 Å². The van der Waals surface area contributed by atoms with Crippen LogP contribution in [-0.2, 0) is 4.79 Å². The van der Waals surface area contributed by atoms with Crippen LogP contribution in [0.2, 0.25) is 0 Å². The van der Waals surface area contributed by atoms with Crippen molar-refractivity contribution in [3.8, 4) is 11.5 Å². The highest BCUT2D eigenvalue weighted by atomic mass is 19.3. The molecule has 0 saturated carbocycles. The van der Waals surface area contributed by atoms with Crippen LogP contribution in [0.5, 0.6) is 11.5 Å². The second-order valence-electron chi connectivity index (χ2n) is 4.11. The molecule has 130 valence electrons. The maximum Gasteiger partial charge on any atom is 0.586 e. The Bertz CT molecular complexity index is 554. The molecule has 1 aliphatic heterocycles. The highest BCUT2D eigenvalue weighted by molar-refractivity contribution is 5.98. The molecule has 1 aliphatic rings. The number of aliphatic hydroxyl groups is 1. The number of carbonyl (C=O) groups is 1. The van der Waals surface area contributed by atoms with Crippen molar-refractivity contribution in [1.82, 2.24) is 0 Å². The molecule has 0 aromatic heterocycles. The molecule has 0 spiro atoms. The quantitative estimate of drug-likeness (QED) is 0.821. The van der Waals surface area contributed by atoms with E-state index in [0.717, 1.165) is 0 Å². The molecule has 1 N–H and O–H groups in total. The molecule has 2 rings (SSSR count). The number of halogens is 2. The van der Waals surface area contributed by atoms with Crippen molar-refractivity contribution in [2.24, 2.45) is 0 Å². The van der Waals surface area contributed by atoms with Gasteiger partial charge in [0.15, 0.2) is 17.3 Å². The summed E-state index contributed by atoms with van der Waals surface area (Å²) in [6, 6.07) is 3.74. The van der Waals surface area contributed by atoms with E-state index in [9.17, 15) is 18.7 Å². The van der Waals surface area contributed by atoms with Gasteiger partial charge in [0.1, 0.15) is 6.10 Å². The Kier molecular flexibility index (Phi) is 8.46. The summed E-state index contributed by atoms with van der Waals surface area (Å²) in [5.41, 5.74) is 0.557. The average Bonchev–Trinajstić information content (AvgIpc) is 2.89. The first-order valence-electron chi connectivity index (χ1n) is 7.59. The lowest BCUT2D eigenvalue weighted by atomic mass is 10.0. The van der Waals surface area contributed by atoms with E-state index in [0.29, 0.717) is 5.57 Å². The summed E-state index contributed by atoms with van der Waals surface area (Å²) < 4.78 is 34.1. The minimum Gasteiger partial charge on any atom is -0.395 e. The first-order chi connectivity index (χ1) is 10.8. The molecule has 0 fully saturated rings. The van der Waals surface area contributed by atoms with Crippen LogP contribution in [0.1, 0.15) is 53.2 Å². The van der Waals surface area contributed by atoms with Crippen LogP contribution in [-0.4, -0.2) is 17.2 Å². The van der Waals surface area contributed by atoms with Gasteiger partial charge >= 0.3 is 6.29 Å². The summed E-state index contributed by atoms with van der Waals surface area (Å²) in [6.45, 7) is 11.2. The van der Waals surface area contributed by atoms with E-state index in [2.05, 4.69) is 9.47 Å². The SMILES string of the molecule is C/C=C(\C)C(=O)C(O)c1ccc2c(c1)OC(F)(F)O2.CC.CC. The second-order valence-corrected chi connectivity index (χ2v) is 4.11. The van der Waals surface area contributed by atoms with E-state index in [1.165, 1.54) is 18.2 Å². The van der Waals surface area contributed by atoms with Crippen molar-refractivity contribution >= 4 is 5.78 Å². The fourth-order valence-electron chi connectivity index (χ4n) is 1.64. The summed E-state index contributed by atoms with van der Waals surface area (Å²) in [5, 5.41) is 9.88. The first kappa shape index (κ1) is 21.0. The zero-order valence-corrected chi connectivity index (χ0v) is 14.3. The minimum atomic E-state index is -3.71. The summed E-state index contributed by atoms with van der Waals surface area (Å²) in [7, 11) is 0. The Labute approximate surface area is 135 Å². The highest BCUT2D eigenvalue weighted by Gasteiger charge is 2.43. The topological polar surface area (TPSA) is 55.8 Å². The molecule has 0 aliphatic carbocycles. The number of hydrogen-bond donors (Lipinski definition) is 1. The van der Waals surface area contributed by atoms with Gasteiger partial charge in [-0.3, -0.25) is 4.79 Å². The van der Waals surface area contributed by atoms with Crippen LogP contribution in [0, 0.1) is 0 Å². The molecule has 0 radical (unpaired) electrons. The molecule has 0 bridgehead atoms. The molecule has 4 nitrogen and oxygen atoms in total. The summed E-state index contributed by atoms with van der Waals surface area (Å²) in [4.78, 5) is 11.8. The molecule has 0 amide bonds. The number of ether oxygens (including phenoxy) is 2. The number of rotatable bonds is 3. The fourth-order valence-corrected chi connectivity index (χ4v) is 1.64. The molecule has 23 heavy (non-hydrogen) atoms. The maximum atomic E-state index is 12.8. The van der Waals surface area contributed by atoms with Crippen LogP contribution < -0.4 is 9.47 Å². The van der Waals surface area contributed by atoms with E-state index < -0.39 is 18.2 Å². The van der Waals surface area contributed by atoms with Gasteiger partial charge in [0.2, 0.25) is 0 Å². The van der Waals surface area contributed by atoms with E-state index in [1.54, 1.807) is 19.9 Å². The lowest BCUT2D eigenvalue weighted by molar-refractivity contribution is -0.286. The zero-order chi connectivity index (χ0) is 18.2. The molecule has 0 saturated heterocycles. The zero-order valence-electron chi connectivity index (χ0n) is 14.3. The van der Waals surface area contributed by atoms with Crippen LogP contribution in [0.15, 0.2) is 29.8 Å². The maximum absolute atomic E-state index is 12.8. The molecular formula is C17H24F2O4. The standard InChI is InChI=1S/C13H12F2O4.2C2H6/c1-3-7(2)11(16)12(17)8-4-5-9-10(6-8)19-13(14,15)18-9;2*1-2/h3-6,12,17H,1-2H3;2*1-2H3/b7-3+;;. The van der Waals surface area contributed by atoms with Gasteiger partial charge in [-0.15, -0.1) is 8.78 Å². The molecule has 1 atom stereocenters. The van der Waals surface area contributed by atoms with Crippen molar-refractivity contribution in [2.45, 2.75) is 53.9 Å². The van der Waals surface area contributed by atoms with Gasteiger partial charge in [0.25, 0.3) is 0 Å². The number of alkyl halides is 2. The van der Waals surface area contributed by atoms with E-state index >= 15 is 0 Å². The third kappa shape index (κ3) is 5.32. The van der Waals surface area contributed by atoms with Crippen LogP contribution in [0.3, 0.4) is 0 Å². The largest absolute Gasteiger partial charge is 0.586 e. The smallest absolute Gasteiger partial charge is 0.395 e. The number of aliphatic hydroxyl groups excluding tert-OH is 1. The molecule has 6 heteroatoms. The Morgan fingerprint density at radius 2 is 1.70 bits per heavy atom. The number of fused-ring (bicyclic) bond motifs is 1. The summed E-state index contributed by atoms with van der Waals surface area (Å²) in [5.74, 6) is -0.822. The van der Waals surface area contributed by atoms with Gasteiger partial charge < -0.3 is 14.6 Å². The van der Waals surface area contributed by atoms with Crippen LogP contribution in [0.4, 0.5) is 8.78 Å². The minimum absolute atomic E-state index is 0.129. The molecular weight excluding hydrogens is 306 g/mol. The Morgan fingerprint density at radius 1 is 1.17 bits per heavy atom. The third-order valence-electron chi connectivity index (χ3n) is 2.81. The molecule has 1 aromatic rings. The lowest BCUT2D eigenvalue weighted by Gasteiger charge is -2.10. The number of hydrogen-bond acceptors (Lipinski definition) is 4. The Balaban J connectivity index is 0.00000112. The van der Waals surface area contributed by atoms with Crippen LogP contribution >= 0.6 is 0 Å². The lowest BCUT2D eigenvalue weighted by Crippen LogP contribution is -2.25. The third-order valence-corrected chi connectivity index (χ3v) is 2.81. The summed E-state index contributed by atoms with van der Waals surface area (Å²) in [6.07, 6.45) is -3.57. The second kappa shape index (κ2) is 9.25. The van der Waals surface area contributed by atoms with Gasteiger partial charge in [-0.25, -0.2) is 0 Å². The average molecular weight is 330 g/mol. The van der Waals surface area contributed by atoms with Crippen molar-refractivity contribution in [3.63, 3.8) is 0 Å². The van der Waals surface area contributed by atoms with Crippen molar-refractivity contribution < 1.29 is 28.2 Å². The fraction of sp³-hybridized carbons (Fsp3) is 0.471. The van der Waals surface area contributed by atoms with Gasteiger partial charge in [0.05, 0.1) is 0 Å². The van der Waals surface area contributed by atoms with Crippen LogP contribution in [0.25, 0.3) is 0 Å². The number of ketones is 1. The highest BCUT2D eigenvalue weighted by Crippen LogP contribution is 2.42.